The van der Waals surface area contributed by atoms with E-state index in [2.05, 4.69) is 180 Å². The zero-order chi connectivity index (χ0) is 37.0. The van der Waals surface area contributed by atoms with Gasteiger partial charge in [-0.15, -0.1) is 0 Å². The highest BCUT2D eigenvalue weighted by Gasteiger charge is 2.43. The lowest BCUT2D eigenvalue weighted by Crippen LogP contribution is -2.28. The van der Waals surface area contributed by atoms with Crippen LogP contribution < -0.4 is 0 Å². The zero-order valence-electron chi connectivity index (χ0n) is 31.8. The number of nitrogens with zero attached hydrogens (tertiary/aromatic N) is 3. The fraction of sp³-hybridized carbons (Fsp3) is 0.196. The molecule has 2 aliphatic rings. The molecule has 1 heterocycles. The van der Waals surface area contributed by atoms with E-state index in [1.807, 2.05) is 0 Å². The lowest BCUT2D eigenvalue weighted by atomic mass is 9.67. The van der Waals surface area contributed by atoms with Crippen molar-refractivity contribution < 1.29 is 0 Å². The third kappa shape index (κ3) is 6.08. The second-order valence-electron chi connectivity index (χ2n) is 15.8. The van der Waals surface area contributed by atoms with Gasteiger partial charge in [0.1, 0.15) is 0 Å². The molecule has 0 bridgehead atoms. The van der Waals surface area contributed by atoms with Crippen LogP contribution in [0.1, 0.15) is 55.9 Å². The number of aromatic nitrogens is 3. The Hall–Kier alpha value is -5.93. The average Bonchev–Trinajstić information content (AvgIpc) is 3.46. The van der Waals surface area contributed by atoms with Crippen LogP contribution in [0, 0.1) is 25.7 Å². The second-order valence-corrected chi connectivity index (χ2v) is 15.8. The molecule has 3 nitrogen and oxygen atoms in total. The molecule has 0 spiro atoms. The maximum Gasteiger partial charge on any atom is 0.164 e. The predicted octanol–water partition coefficient (Wildman–Crippen LogP) is 13.1. The Morgan fingerprint density at radius 3 is 1.43 bits per heavy atom. The molecule has 54 heavy (non-hydrogen) atoms. The monoisotopic (exact) mass is 699 g/mol. The molecule has 0 radical (unpaired) electrons. The van der Waals surface area contributed by atoms with Gasteiger partial charge in [0.2, 0.25) is 0 Å². The van der Waals surface area contributed by atoms with Gasteiger partial charge in [0.05, 0.1) is 0 Å². The summed E-state index contributed by atoms with van der Waals surface area (Å²) in [7, 11) is 0. The SMILES string of the molecule is Cc1ccc(-c2nc(-c3ccc(C)cc3)nc(-c3ccc(-c4ccc(-c5ccc6c(c5)C(C)(C5=CC(C)CC(C)C5)c5ccccc5-6)cc4)cc3)n2)cc1. The van der Waals surface area contributed by atoms with E-state index < -0.39 is 0 Å². The third-order valence-corrected chi connectivity index (χ3v) is 11.7. The average molecular weight is 700 g/mol. The van der Waals surface area contributed by atoms with Crippen molar-refractivity contribution in [3.63, 3.8) is 0 Å². The van der Waals surface area contributed by atoms with Crippen molar-refractivity contribution in [2.45, 2.75) is 52.9 Å². The van der Waals surface area contributed by atoms with Gasteiger partial charge in [0.15, 0.2) is 17.5 Å². The lowest BCUT2D eigenvalue weighted by molar-refractivity contribution is 0.409. The Morgan fingerprint density at radius 1 is 0.481 bits per heavy atom. The Morgan fingerprint density at radius 2 is 0.907 bits per heavy atom. The van der Waals surface area contributed by atoms with Gasteiger partial charge in [-0.1, -0.05) is 170 Å². The minimum atomic E-state index is -0.118. The van der Waals surface area contributed by atoms with Crippen LogP contribution in [0.15, 0.2) is 151 Å². The van der Waals surface area contributed by atoms with E-state index in [-0.39, 0.29) is 5.41 Å². The first-order valence-electron chi connectivity index (χ1n) is 19.3. The number of hydrogen-bond acceptors (Lipinski definition) is 3. The topological polar surface area (TPSA) is 38.7 Å². The van der Waals surface area contributed by atoms with Crippen molar-refractivity contribution in [3.8, 4) is 67.5 Å². The van der Waals surface area contributed by atoms with E-state index in [1.54, 1.807) is 5.57 Å². The maximum atomic E-state index is 4.95. The molecule has 0 saturated carbocycles. The van der Waals surface area contributed by atoms with Crippen molar-refractivity contribution in [1.82, 2.24) is 15.0 Å². The zero-order valence-corrected chi connectivity index (χ0v) is 31.8. The molecule has 3 atom stereocenters. The van der Waals surface area contributed by atoms with E-state index >= 15 is 0 Å². The van der Waals surface area contributed by atoms with Crippen molar-refractivity contribution >= 4 is 0 Å². The predicted molar refractivity (Wildman–Crippen MR) is 224 cm³/mol. The van der Waals surface area contributed by atoms with Crippen molar-refractivity contribution in [1.29, 1.82) is 0 Å². The standard InChI is InChI=1S/C51H45N3/c1-32-10-14-39(15-11-32)48-52-49(40-16-12-33(2)13-17-40)54-50(53-48)41-24-22-37(23-25-41)36-18-20-38(21-19-36)42-26-27-45-44-8-6-7-9-46(44)51(5,47(45)31-42)43-29-34(3)28-35(4)30-43/h6-27,29,31,34-35H,28,30H2,1-5H3. The molecule has 7 aromatic rings. The largest absolute Gasteiger partial charge is 0.208 e. The second kappa shape index (κ2) is 13.5. The van der Waals surface area contributed by atoms with Gasteiger partial charge in [-0.25, -0.2) is 15.0 Å². The molecular formula is C51H45N3. The van der Waals surface area contributed by atoms with Crippen LogP contribution in [0.2, 0.25) is 0 Å². The summed E-state index contributed by atoms with van der Waals surface area (Å²) in [6.45, 7) is 11.4. The quantitative estimate of drug-likeness (QED) is 0.162. The van der Waals surface area contributed by atoms with Crippen LogP contribution in [0.25, 0.3) is 67.5 Å². The minimum absolute atomic E-state index is 0.118. The summed E-state index contributed by atoms with van der Waals surface area (Å²) in [5, 5.41) is 0. The summed E-state index contributed by atoms with van der Waals surface area (Å²) < 4.78 is 0. The molecule has 2 aliphatic carbocycles. The van der Waals surface area contributed by atoms with Crippen LogP contribution in [0.4, 0.5) is 0 Å². The van der Waals surface area contributed by atoms with Gasteiger partial charge in [-0.3, -0.25) is 0 Å². The molecular weight excluding hydrogens is 655 g/mol. The van der Waals surface area contributed by atoms with Crippen LogP contribution in [-0.2, 0) is 5.41 Å². The summed E-state index contributed by atoms with van der Waals surface area (Å²) in [6.07, 6.45) is 5.00. The van der Waals surface area contributed by atoms with E-state index in [0.29, 0.717) is 29.3 Å². The first-order valence-corrected chi connectivity index (χ1v) is 19.3. The first kappa shape index (κ1) is 33.9. The number of benzene rings is 6. The van der Waals surface area contributed by atoms with Gasteiger partial charge in [-0.05, 0) is 96.0 Å². The lowest BCUT2D eigenvalue weighted by Gasteiger charge is -2.36. The summed E-state index contributed by atoms with van der Waals surface area (Å²) in [4.78, 5) is 14.8. The molecule has 0 amide bonds. The molecule has 3 unspecified atom stereocenters. The fourth-order valence-electron chi connectivity index (χ4n) is 8.80. The summed E-state index contributed by atoms with van der Waals surface area (Å²) in [6, 6.07) is 50.5. The number of allylic oxidation sites excluding steroid dienone is 2. The molecule has 264 valence electrons. The highest BCUT2D eigenvalue weighted by Crippen LogP contribution is 2.55. The van der Waals surface area contributed by atoms with Crippen molar-refractivity contribution in [3.05, 3.63) is 173 Å². The highest BCUT2D eigenvalue weighted by molar-refractivity contribution is 5.86. The Labute approximate surface area is 319 Å². The van der Waals surface area contributed by atoms with Crippen molar-refractivity contribution in [2.75, 3.05) is 0 Å². The fourth-order valence-corrected chi connectivity index (χ4v) is 8.80. The maximum absolute atomic E-state index is 4.95. The molecule has 3 heteroatoms. The van der Waals surface area contributed by atoms with E-state index in [1.165, 1.54) is 56.5 Å². The number of fused-ring (bicyclic) bond motifs is 3. The Kier molecular flexibility index (Phi) is 8.46. The molecule has 0 aliphatic heterocycles. The molecule has 0 fully saturated rings. The molecule has 0 N–H and O–H groups in total. The van der Waals surface area contributed by atoms with Gasteiger partial charge in [0, 0.05) is 22.1 Å². The number of aryl methyl sites for hydroxylation is 2. The van der Waals surface area contributed by atoms with Crippen LogP contribution >= 0.6 is 0 Å². The smallest absolute Gasteiger partial charge is 0.164 e. The summed E-state index contributed by atoms with van der Waals surface area (Å²) >= 11 is 0. The molecule has 9 rings (SSSR count). The summed E-state index contributed by atoms with van der Waals surface area (Å²) in [5.41, 5.74) is 17.2. The van der Waals surface area contributed by atoms with E-state index in [4.69, 9.17) is 15.0 Å². The Balaban J connectivity index is 1.02. The van der Waals surface area contributed by atoms with Gasteiger partial charge in [-0.2, -0.15) is 0 Å². The first-order chi connectivity index (χ1) is 26.2. The summed E-state index contributed by atoms with van der Waals surface area (Å²) in [5.74, 6) is 3.31. The molecule has 6 aromatic carbocycles. The number of rotatable bonds is 6. The molecule has 1 aromatic heterocycles. The Bertz CT molecular complexity index is 2460. The minimum Gasteiger partial charge on any atom is -0.208 e. The van der Waals surface area contributed by atoms with Crippen LogP contribution in [-0.4, -0.2) is 15.0 Å². The van der Waals surface area contributed by atoms with Crippen molar-refractivity contribution in [2.24, 2.45) is 11.8 Å². The van der Waals surface area contributed by atoms with Gasteiger partial charge >= 0.3 is 0 Å². The van der Waals surface area contributed by atoms with E-state index in [0.717, 1.165) is 28.7 Å². The van der Waals surface area contributed by atoms with Gasteiger partial charge < -0.3 is 0 Å². The number of hydrogen-bond donors (Lipinski definition) is 0. The van der Waals surface area contributed by atoms with Gasteiger partial charge in [0.25, 0.3) is 0 Å². The third-order valence-electron chi connectivity index (χ3n) is 11.7. The van der Waals surface area contributed by atoms with Crippen LogP contribution in [0.5, 0.6) is 0 Å². The van der Waals surface area contributed by atoms with E-state index in [9.17, 15) is 0 Å². The van der Waals surface area contributed by atoms with Crippen LogP contribution in [0.3, 0.4) is 0 Å². The molecule has 0 saturated heterocycles. The normalized spacial score (nSPS) is 18.9. The highest BCUT2D eigenvalue weighted by atomic mass is 15.0.